The van der Waals surface area contributed by atoms with Crippen LogP contribution in [-0.2, 0) is 0 Å². The second-order valence-corrected chi connectivity index (χ2v) is 7.26. The second-order valence-electron chi connectivity index (χ2n) is 4.78. The van der Waals surface area contributed by atoms with Crippen molar-refractivity contribution in [1.82, 2.24) is 0 Å². The molecular formula is C17H9ClN2S2. The zero-order valence-electron chi connectivity index (χ0n) is 11.3. The van der Waals surface area contributed by atoms with Gasteiger partial charge in [0, 0.05) is 15.0 Å². The molecule has 1 aliphatic heterocycles. The Morgan fingerprint density at radius 3 is 2.64 bits per heavy atom. The van der Waals surface area contributed by atoms with Crippen molar-refractivity contribution < 1.29 is 0 Å². The number of thiophene rings is 1. The van der Waals surface area contributed by atoms with Crippen LogP contribution >= 0.6 is 34.7 Å². The minimum atomic E-state index is 0.604. The van der Waals surface area contributed by atoms with Crippen LogP contribution in [0, 0.1) is 11.3 Å². The SMILES string of the molecule is N#C/C(=C1\Nc2ccccc2S1)c1sc2ccccc2c1Cl. The van der Waals surface area contributed by atoms with Gasteiger partial charge in [0.25, 0.3) is 0 Å². The van der Waals surface area contributed by atoms with Crippen LogP contribution in [-0.4, -0.2) is 0 Å². The van der Waals surface area contributed by atoms with Gasteiger partial charge in [-0.05, 0) is 18.2 Å². The Morgan fingerprint density at radius 2 is 1.86 bits per heavy atom. The highest BCUT2D eigenvalue weighted by molar-refractivity contribution is 8.04. The first-order valence-corrected chi connectivity index (χ1v) is 8.64. The van der Waals surface area contributed by atoms with Gasteiger partial charge in [-0.25, -0.2) is 0 Å². The number of nitrogens with zero attached hydrogens (tertiary/aromatic N) is 1. The predicted octanol–water partition coefficient (Wildman–Crippen LogP) is 5.96. The predicted molar refractivity (Wildman–Crippen MR) is 95.3 cm³/mol. The molecule has 1 aliphatic rings. The van der Waals surface area contributed by atoms with Gasteiger partial charge in [-0.1, -0.05) is 53.7 Å². The maximum absolute atomic E-state index is 9.66. The van der Waals surface area contributed by atoms with E-state index in [9.17, 15) is 5.26 Å². The third-order valence-corrected chi connectivity index (χ3v) is 6.23. The molecule has 1 aromatic heterocycles. The van der Waals surface area contributed by atoms with E-state index in [1.807, 2.05) is 48.5 Å². The van der Waals surface area contributed by atoms with Crippen molar-refractivity contribution >= 4 is 56.0 Å². The number of fused-ring (bicyclic) bond motifs is 2. The number of allylic oxidation sites excluding steroid dienone is 1. The molecule has 4 rings (SSSR count). The van der Waals surface area contributed by atoms with Crippen molar-refractivity contribution in [1.29, 1.82) is 5.26 Å². The molecule has 106 valence electrons. The molecule has 0 atom stereocenters. The summed E-state index contributed by atoms with van der Waals surface area (Å²) in [6.07, 6.45) is 0. The van der Waals surface area contributed by atoms with Crippen molar-refractivity contribution in [3.05, 3.63) is 63.5 Å². The van der Waals surface area contributed by atoms with Crippen LogP contribution in [0.5, 0.6) is 0 Å². The summed E-state index contributed by atoms with van der Waals surface area (Å²) in [5.41, 5.74) is 1.64. The maximum Gasteiger partial charge on any atom is 0.103 e. The molecule has 2 heterocycles. The summed E-state index contributed by atoms with van der Waals surface area (Å²) in [4.78, 5) is 1.95. The van der Waals surface area contributed by atoms with E-state index in [1.165, 1.54) is 0 Å². The summed E-state index contributed by atoms with van der Waals surface area (Å²) in [6, 6.07) is 18.3. The van der Waals surface area contributed by atoms with E-state index in [4.69, 9.17) is 11.6 Å². The number of nitriles is 1. The van der Waals surface area contributed by atoms with Gasteiger partial charge in [-0.3, -0.25) is 0 Å². The summed E-state index contributed by atoms with van der Waals surface area (Å²) in [7, 11) is 0. The number of thioether (sulfide) groups is 1. The number of anilines is 1. The van der Waals surface area contributed by atoms with Crippen LogP contribution in [0.4, 0.5) is 5.69 Å². The van der Waals surface area contributed by atoms with Gasteiger partial charge in [-0.2, -0.15) is 5.26 Å². The van der Waals surface area contributed by atoms with Crippen molar-refractivity contribution in [3.63, 3.8) is 0 Å². The number of halogens is 1. The number of nitrogens with one attached hydrogen (secondary N) is 1. The molecule has 1 N–H and O–H groups in total. The Hall–Kier alpha value is -1.93. The molecule has 0 amide bonds. The Kier molecular flexibility index (Phi) is 3.34. The zero-order valence-corrected chi connectivity index (χ0v) is 13.6. The third kappa shape index (κ3) is 2.10. The van der Waals surface area contributed by atoms with Gasteiger partial charge >= 0.3 is 0 Å². The number of para-hydroxylation sites is 1. The van der Waals surface area contributed by atoms with Gasteiger partial charge in [0.05, 0.1) is 20.6 Å². The standard InChI is InChI=1S/C17H9ClN2S2/c18-15-10-5-1-3-7-13(10)21-16(15)11(9-19)17-20-12-6-2-4-8-14(12)22-17/h1-8,20H/b17-11-. The molecule has 0 spiro atoms. The lowest BCUT2D eigenvalue weighted by Crippen LogP contribution is -1.92. The van der Waals surface area contributed by atoms with E-state index in [-0.39, 0.29) is 0 Å². The van der Waals surface area contributed by atoms with E-state index in [1.54, 1.807) is 23.1 Å². The fourth-order valence-electron chi connectivity index (χ4n) is 2.41. The first-order valence-electron chi connectivity index (χ1n) is 6.63. The van der Waals surface area contributed by atoms with Crippen LogP contribution in [0.2, 0.25) is 5.02 Å². The summed E-state index contributed by atoms with van der Waals surface area (Å²) in [6.45, 7) is 0. The van der Waals surface area contributed by atoms with E-state index in [2.05, 4.69) is 11.4 Å². The number of hydrogen-bond acceptors (Lipinski definition) is 4. The van der Waals surface area contributed by atoms with Crippen molar-refractivity contribution in [3.8, 4) is 6.07 Å². The zero-order chi connectivity index (χ0) is 15.1. The summed E-state index contributed by atoms with van der Waals surface area (Å²) < 4.78 is 1.09. The highest BCUT2D eigenvalue weighted by Gasteiger charge is 2.23. The van der Waals surface area contributed by atoms with Gasteiger partial charge in [0.1, 0.15) is 11.6 Å². The molecule has 3 aromatic rings. The Morgan fingerprint density at radius 1 is 1.09 bits per heavy atom. The highest BCUT2D eigenvalue weighted by atomic mass is 35.5. The summed E-state index contributed by atoms with van der Waals surface area (Å²) in [5, 5.41) is 15.5. The first kappa shape index (κ1) is 13.7. The van der Waals surface area contributed by atoms with Gasteiger partial charge < -0.3 is 5.32 Å². The minimum absolute atomic E-state index is 0.604. The van der Waals surface area contributed by atoms with Gasteiger partial charge in [0.2, 0.25) is 0 Å². The first-order chi connectivity index (χ1) is 10.8. The van der Waals surface area contributed by atoms with Crippen LogP contribution < -0.4 is 5.32 Å². The topological polar surface area (TPSA) is 35.8 Å². The molecule has 22 heavy (non-hydrogen) atoms. The average molecular weight is 341 g/mol. The number of hydrogen-bond donors (Lipinski definition) is 1. The van der Waals surface area contributed by atoms with E-state index in [0.29, 0.717) is 10.6 Å². The molecule has 5 heteroatoms. The Balaban J connectivity index is 1.88. The van der Waals surface area contributed by atoms with E-state index >= 15 is 0 Å². The van der Waals surface area contributed by atoms with Crippen LogP contribution in [0.3, 0.4) is 0 Å². The molecule has 0 saturated carbocycles. The lowest BCUT2D eigenvalue weighted by molar-refractivity contribution is 1.46. The molecule has 0 unspecified atom stereocenters. The Labute approximate surface area is 141 Å². The summed E-state index contributed by atoms with van der Waals surface area (Å²) in [5.74, 6) is 0. The largest absolute Gasteiger partial charge is 0.348 e. The molecule has 0 aliphatic carbocycles. The fourth-order valence-corrected chi connectivity index (χ4v) is 5.01. The highest BCUT2D eigenvalue weighted by Crippen LogP contribution is 2.47. The maximum atomic E-state index is 9.66. The second kappa shape index (κ2) is 5.36. The molecule has 0 bridgehead atoms. The quantitative estimate of drug-likeness (QED) is 0.555. The summed E-state index contributed by atoms with van der Waals surface area (Å²) >= 11 is 9.64. The van der Waals surface area contributed by atoms with Crippen molar-refractivity contribution in [2.45, 2.75) is 4.90 Å². The minimum Gasteiger partial charge on any atom is -0.348 e. The van der Waals surface area contributed by atoms with Crippen LogP contribution in [0.1, 0.15) is 4.88 Å². The van der Waals surface area contributed by atoms with Crippen molar-refractivity contribution in [2.24, 2.45) is 0 Å². The normalized spacial score (nSPS) is 15.3. The molecule has 2 nitrogen and oxygen atoms in total. The van der Waals surface area contributed by atoms with E-state index < -0.39 is 0 Å². The fraction of sp³-hybridized carbons (Fsp3) is 0. The van der Waals surface area contributed by atoms with E-state index in [0.717, 1.165) is 30.6 Å². The molecule has 0 radical (unpaired) electrons. The molecule has 0 fully saturated rings. The third-order valence-electron chi connectivity index (χ3n) is 3.45. The van der Waals surface area contributed by atoms with Crippen LogP contribution in [0.15, 0.2) is 58.5 Å². The molecule has 0 saturated heterocycles. The van der Waals surface area contributed by atoms with Gasteiger partial charge in [0.15, 0.2) is 0 Å². The van der Waals surface area contributed by atoms with Crippen LogP contribution in [0.25, 0.3) is 15.7 Å². The monoisotopic (exact) mass is 340 g/mol. The smallest absolute Gasteiger partial charge is 0.103 e. The lowest BCUT2D eigenvalue weighted by Gasteiger charge is -2.02. The van der Waals surface area contributed by atoms with Gasteiger partial charge in [-0.15, -0.1) is 11.3 Å². The lowest BCUT2D eigenvalue weighted by atomic mass is 10.2. The average Bonchev–Trinajstić information content (AvgIpc) is 3.11. The Bertz CT molecular complexity index is 939. The number of benzene rings is 2. The molecular weight excluding hydrogens is 332 g/mol. The molecule has 2 aromatic carbocycles. The van der Waals surface area contributed by atoms with Crippen molar-refractivity contribution in [2.75, 3.05) is 5.32 Å². The number of rotatable bonds is 1.